The second kappa shape index (κ2) is 5.65. The van der Waals surface area contributed by atoms with E-state index in [0.717, 1.165) is 30.8 Å². The lowest BCUT2D eigenvalue weighted by Gasteiger charge is -2.18. The van der Waals surface area contributed by atoms with Gasteiger partial charge in [0.2, 0.25) is 5.91 Å². The van der Waals surface area contributed by atoms with Crippen LogP contribution in [0.2, 0.25) is 0 Å². The summed E-state index contributed by atoms with van der Waals surface area (Å²) in [7, 11) is 0. The Morgan fingerprint density at radius 1 is 1.35 bits per heavy atom. The third-order valence-corrected chi connectivity index (χ3v) is 3.26. The van der Waals surface area contributed by atoms with E-state index in [9.17, 15) is 4.79 Å². The van der Waals surface area contributed by atoms with Crippen molar-refractivity contribution in [2.75, 3.05) is 17.2 Å². The first-order chi connectivity index (χ1) is 9.81. The third kappa shape index (κ3) is 2.91. The van der Waals surface area contributed by atoms with Crippen LogP contribution in [0.5, 0.6) is 0 Å². The number of carbonyl (C=O) groups excluding carboxylic acids is 1. The first-order valence-corrected chi connectivity index (χ1v) is 6.71. The molecule has 4 nitrogen and oxygen atoms in total. The molecule has 0 bridgehead atoms. The van der Waals surface area contributed by atoms with Gasteiger partial charge in [-0.2, -0.15) is 0 Å². The number of hydrogen-bond donors (Lipinski definition) is 2. The Bertz CT molecular complexity index is 630. The number of anilines is 2. The average molecular weight is 268 g/mol. The number of carbonyl (C=O) groups is 1. The largest absolute Gasteiger partial charge is 0.465 e. The fraction of sp³-hybridized carbons (Fsp3) is 0.188. The zero-order valence-corrected chi connectivity index (χ0v) is 11.1. The van der Waals surface area contributed by atoms with Crippen molar-refractivity contribution >= 4 is 23.4 Å². The van der Waals surface area contributed by atoms with Crippen LogP contribution in [0.3, 0.4) is 0 Å². The highest BCUT2D eigenvalue weighted by Gasteiger charge is 2.09. The van der Waals surface area contributed by atoms with E-state index < -0.39 is 0 Å². The summed E-state index contributed by atoms with van der Waals surface area (Å²) in [5.74, 6) is 0.490. The van der Waals surface area contributed by atoms with E-state index in [1.54, 1.807) is 24.5 Å². The minimum atomic E-state index is -0.169. The highest BCUT2D eigenvalue weighted by molar-refractivity contribution is 6.02. The minimum Gasteiger partial charge on any atom is -0.465 e. The number of aryl methyl sites for hydroxylation is 1. The summed E-state index contributed by atoms with van der Waals surface area (Å²) < 4.78 is 5.13. The quantitative estimate of drug-likeness (QED) is 0.840. The van der Waals surface area contributed by atoms with E-state index in [0.29, 0.717) is 5.76 Å². The molecule has 20 heavy (non-hydrogen) atoms. The van der Waals surface area contributed by atoms with Gasteiger partial charge < -0.3 is 15.1 Å². The molecule has 0 atom stereocenters. The van der Waals surface area contributed by atoms with Gasteiger partial charge in [0, 0.05) is 24.0 Å². The monoisotopic (exact) mass is 268 g/mol. The minimum absolute atomic E-state index is 0.169. The van der Waals surface area contributed by atoms with Gasteiger partial charge >= 0.3 is 0 Å². The third-order valence-electron chi connectivity index (χ3n) is 3.26. The Morgan fingerprint density at radius 2 is 2.30 bits per heavy atom. The molecule has 2 aromatic rings. The molecule has 3 rings (SSSR count). The van der Waals surface area contributed by atoms with Gasteiger partial charge in [-0.05, 0) is 48.7 Å². The summed E-state index contributed by atoms with van der Waals surface area (Å²) >= 11 is 0. The maximum atomic E-state index is 11.8. The van der Waals surface area contributed by atoms with E-state index >= 15 is 0 Å². The highest BCUT2D eigenvalue weighted by atomic mass is 16.3. The summed E-state index contributed by atoms with van der Waals surface area (Å²) in [6, 6.07) is 9.56. The van der Waals surface area contributed by atoms with E-state index in [1.165, 1.54) is 11.6 Å². The smallest absolute Gasteiger partial charge is 0.248 e. The predicted octanol–water partition coefficient (Wildman–Crippen LogP) is 3.29. The van der Waals surface area contributed by atoms with Crippen molar-refractivity contribution in [3.8, 4) is 0 Å². The Hall–Kier alpha value is -2.49. The SMILES string of the molecule is O=C(C=Cc1ccco1)Nc1ccc2c(c1)NCCC2. The molecular formula is C16H16N2O2. The zero-order valence-electron chi connectivity index (χ0n) is 11.1. The molecule has 0 fully saturated rings. The van der Waals surface area contributed by atoms with Gasteiger partial charge in [0.25, 0.3) is 0 Å². The molecule has 0 aliphatic carbocycles. The standard InChI is InChI=1S/C16H16N2O2/c19-16(8-7-14-4-2-10-20-14)18-13-6-5-12-3-1-9-17-15(12)11-13/h2,4-8,10-11,17H,1,3,9H2,(H,18,19). The maximum Gasteiger partial charge on any atom is 0.248 e. The summed E-state index contributed by atoms with van der Waals surface area (Å²) in [5.41, 5.74) is 3.22. The van der Waals surface area contributed by atoms with E-state index in [-0.39, 0.29) is 5.91 Å². The topological polar surface area (TPSA) is 54.3 Å². The van der Waals surface area contributed by atoms with E-state index in [1.807, 2.05) is 12.1 Å². The number of fused-ring (bicyclic) bond motifs is 1. The van der Waals surface area contributed by atoms with E-state index in [2.05, 4.69) is 16.7 Å². The Labute approximate surface area is 117 Å². The lowest BCUT2D eigenvalue weighted by atomic mass is 10.0. The van der Waals surface area contributed by atoms with Crippen LogP contribution in [0.15, 0.2) is 47.1 Å². The fourth-order valence-corrected chi connectivity index (χ4v) is 2.27. The van der Waals surface area contributed by atoms with Gasteiger partial charge in [-0.3, -0.25) is 4.79 Å². The Balaban J connectivity index is 1.67. The first-order valence-electron chi connectivity index (χ1n) is 6.71. The second-order valence-electron chi connectivity index (χ2n) is 4.74. The molecule has 4 heteroatoms. The molecule has 0 unspecified atom stereocenters. The van der Waals surface area contributed by atoms with Crippen molar-refractivity contribution in [3.63, 3.8) is 0 Å². The lowest BCUT2D eigenvalue weighted by molar-refractivity contribution is -0.111. The molecule has 2 N–H and O–H groups in total. The normalized spacial score (nSPS) is 13.8. The number of furan rings is 1. The molecule has 0 saturated heterocycles. The maximum absolute atomic E-state index is 11.8. The fourth-order valence-electron chi connectivity index (χ4n) is 2.27. The Morgan fingerprint density at radius 3 is 3.15 bits per heavy atom. The van der Waals surface area contributed by atoms with Crippen LogP contribution in [-0.2, 0) is 11.2 Å². The molecule has 1 amide bonds. The van der Waals surface area contributed by atoms with Crippen LogP contribution >= 0.6 is 0 Å². The number of benzene rings is 1. The number of amides is 1. The molecule has 1 aromatic carbocycles. The van der Waals surface area contributed by atoms with Crippen molar-refractivity contribution in [2.45, 2.75) is 12.8 Å². The average Bonchev–Trinajstić information content (AvgIpc) is 2.98. The first kappa shape index (κ1) is 12.5. The molecule has 1 aliphatic heterocycles. The van der Waals surface area contributed by atoms with Gasteiger partial charge in [-0.15, -0.1) is 0 Å². The molecule has 1 aromatic heterocycles. The molecule has 0 saturated carbocycles. The molecule has 0 spiro atoms. The highest BCUT2D eigenvalue weighted by Crippen LogP contribution is 2.25. The van der Waals surface area contributed by atoms with Gasteiger partial charge in [-0.25, -0.2) is 0 Å². The van der Waals surface area contributed by atoms with Crippen LogP contribution in [0.25, 0.3) is 6.08 Å². The van der Waals surface area contributed by atoms with Gasteiger partial charge in [0.15, 0.2) is 0 Å². The van der Waals surface area contributed by atoms with Gasteiger partial charge in [0.1, 0.15) is 5.76 Å². The summed E-state index contributed by atoms with van der Waals surface area (Å²) in [4.78, 5) is 11.8. The second-order valence-corrected chi connectivity index (χ2v) is 4.74. The molecule has 2 heterocycles. The number of hydrogen-bond acceptors (Lipinski definition) is 3. The van der Waals surface area contributed by atoms with Crippen LogP contribution in [0, 0.1) is 0 Å². The lowest BCUT2D eigenvalue weighted by Crippen LogP contribution is -2.13. The van der Waals surface area contributed by atoms with Crippen LogP contribution in [0.1, 0.15) is 17.7 Å². The Kier molecular flexibility index (Phi) is 3.54. The van der Waals surface area contributed by atoms with Crippen LogP contribution < -0.4 is 10.6 Å². The van der Waals surface area contributed by atoms with Gasteiger partial charge in [-0.1, -0.05) is 6.07 Å². The van der Waals surface area contributed by atoms with Crippen LogP contribution in [0.4, 0.5) is 11.4 Å². The van der Waals surface area contributed by atoms with Crippen LogP contribution in [-0.4, -0.2) is 12.5 Å². The predicted molar refractivity (Wildman–Crippen MR) is 79.6 cm³/mol. The van der Waals surface area contributed by atoms with Crippen molar-refractivity contribution in [3.05, 3.63) is 54.0 Å². The molecular weight excluding hydrogens is 252 g/mol. The van der Waals surface area contributed by atoms with Crippen molar-refractivity contribution < 1.29 is 9.21 Å². The van der Waals surface area contributed by atoms with Crippen molar-refractivity contribution in [2.24, 2.45) is 0 Å². The molecule has 102 valence electrons. The zero-order chi connectivity index (χ0) is 13.8. The summed E-state index contributed by atoms with van der Waals surface area (Å²) in [6.07, 6.45) is 6.93. The summed E-state index contributed by atoms with van der Waals surface area (Å²) in [6.45, 7) is 0.989. The van der Waals surface area contributed by atoms with E-state index in [4.69, 9.17) is 4.42 Å². The van der Waals surface area contributed by atoms with Crippen molar-refractivity contribution in [1.29, 1.82) is 0 Å². The van der Waals surface area contributed by atoms with Gasteiger partial charge in [0.05, 0.1) is 6.26 Å². The molecule has 0 radical (unpaired) electrons. The molecule has 1 aliphatic rings. The number of nitrogens with one attached hydrogen (secondary N) is 2. The number of rotatable bonds is 3. The summed E-state index contributed by atoms with van der Waals surface area (Å²) in [5, 5.41) is 6.19. The van der Waals surface area contributed by atoms with Crippen molar-refractivity contribution in [1.82, 2.24) is 0 Å².